The molecule has 23 heavy (non-hydrogen) atoms. The molecule has 126 valence electrons. The van der Waals surface area contributed by atoms with Crippen LogP contribution in [0.2, 0.25) is 0 Å². The van der Waals surface area contributed by atoms with Gasteiger partial charge in [0.1, 0.15) is 24.7 Å². The molecule has 1 heterocycles. The van der Waals surface area contributed by atoms with Crippen molar-refractivity contribution in [2.24, 2.45) is 0 Å². The number of carbonyl (C=O) groups is 2. The highest BCUT2D eigenvalue weighted by atomic mass is 16.5. The Morgan fingerprint density at radius 1 is 1.13 bits per heavy atom. The minimum atomic E-state index is -1.19. The van der Waals surface area contributed by atoms with E-state index in [2.05, 4.69) is 27.7 Å². The Morgan fingerprint density at radius 2 is 1.65 bits per heavy atom. The fourth-order valence-electron chi connectivity index (χ4n) is 3.81. The zero-order valence-corrected chi connectivity index (χ0v) is 14.3. The van der Waals surface area contributed by atoms with Crippen molar-refractivity contribution in [3.05, 3.63) is 29.8 Å². The Kier molecular flexibility index (Phi) is 4.80. The number of hydrogen-bond acceptors (Lipinski definition) is 4. The largest absolute Gasteiger partial charge is 0.545 e. The molecule has 0 atom stereocenters. The third-order valence-electron chi connectivity index (χ3n) is 4.62. The molecule has 0 aliphatic carbocycles. The van der Waals surface area contributed by atoms with Gasteiger partial charge in [0.2, 0.25) is 0 Å². The predicted octanol–water partition coefficient (Wildman–Crippen LogP) is 0.234. The zero-order valence-electron chi connectivity index (χ0n) is 14.3. The number of rotatable bonds is 5. The normalized spacial score (nSPS) is 20.3. The number of benzene rings is 1. The summed E-state index contributed by atoms with van der Waals surface area (Å²) in [6.07, 6.45) is 1.18. The number of carboxylic acid groups (broad SMARTS) is 1. The second kappa shape index (κ2) is 6.32. The molecular formula is C18H25NO4. The van der Waals surface area contributed by atoms with E-state index in [1.807, 2.05) is 0 Å². The second-order valence-electron chi connectivity index (χ2n) is 7.55. The molecule has 0 aromatic heterocycles. The number of quaternary nitrogens is 1. The molecule has 0 unspecified atom stereocenters. The lowest BCUT2D eigenvalue weighted by Gasteiger charge is -2.48. The van der Waals surface area contributed by atoms with Crippen molar-refractivity contribution in [1.82, 2.24) is 0 Å². The van der Waals surface area contributed by atoms with E-state index in [1.54, 1.807) is 12.1 Å². The molecule has 1 N–H and O–H groups in total. The van der Waals surface area contributed by atoms with Crippen LogP contribution in [0.15, 0.2) is 24.3 Å². The first-order valence-corrected chi connectivity index (χ1v) is 7.94. The lowest BCUT2D eigenvalue weighted by molar-refractivity contribution is -0.995. The van der Waals surface area contributed by atoms with Crippen molar-refractivity contribution in [2.45, 2.75) is 51.6 Å². The maximum absolute atomic E-state index is 11.9. The van der Waals surface area contributed by atoms with Crippen molar-refractivity contribution in [1.29, 1.82) is 0 Å². The topological polar surface area (TPSA) is 70.9 Å². The average Bonchev–Trinajstić information content (AvgIpc) is 2.40. The third kappa shape index (κ3) is 4.10. The number of hydrogen-bond donors (Lipinski definition) is 1. The van der Waals surface area contributed by atoms with Crippen LogP contribution in [0.3, 0.4) is 0 Å². The molecule has 0 spiro atoms. The van der Waals surface area contributed by atoms with Crippen LogP contribution < -0.4 is 14.7 Å². The average molecular weight is 319 g/mol. The molecule has 1 fully saturated rings. The van der Waals surface area contributed by atoms with Crippen molar-refractivity contribution in [2.75, 3.05) is 13.2 Å². The Labute approximate surface area is 137 Å². The highest BCUT2D eigenvalue weighted by Crippen LogP contribution is 2.20. The standard InChI is InChI=1S/C18H25NO4/c1-17(2)11-14(20)12-18(3,4)19(17)9-10-23-15-7-5-13(6-8-15)16(21)22/h5-8H,9-12H2,1-4H3,(H,21,22). The monoisotopic (exact) mass is 319 g/mol. The zero-order chi connectivity index (χ0) is 17.3. The Balaban J connectivity index is 1.96. The van der Waals surface area contributed by atoms with Gasteiger partial charge < -0.3 is 19.5 Å². The number of carbonyl (C=O) groups excluding carboxylic acids is 2. The summed E-state index contributed by atoms with van der Waals surface area (Å²) < 4.78 is 5.74. The van der Waals surface area contributed by atoms with E-state index in [0.29, 0.717) is 31.0 Å². The number of carboxylic acids is 1. The van der Waals surface area contributed by atoms with Gasteiger partial charge in [-0.05, 0) is 57.5 Å². The molecule has 1 aliphatic heterocycles. The van der Waals surface area contributed by atoms with Crippen molar-refractivity contribution >= 4 is 11.8 Å². The van der Waals surface area contributed by atoms with Crippen LogP contribution in [0.25, 0.3) is 0 Å². The highest BCUT2D eigenvalue weighted by molar-refractivity contribution is 5.85. The number of likely N-dealkylation sites (tertiary alicyclic amines) is 1. The molecule has 1 aromatic carbocycles. The molecule has 2 rings (SSSR count). The van der Waals surface area contributed by atoms with E-state index in [1.165, 1.54) is 17.0 Å². The summed E-state index contributed by atoms with van der Waals surface area (Å²) in [7, 11) is 0. The molecule has 5 nitrogen and oxygen atoms in total. The fourth-order valence-corrected chi connectivity index (χ4v) is 3.81. The van der Waals surface area contributed by atoms with Gasteiger partial charge in [-0.2, -0.15) is 0 Å². The SMILES string of the molecule is CC1(C)CC(=O)CC(C)(C)[NH+]1CCOc1ccc(C(=O)[O-])cc1. The molecule has 0 radical (unpaired) electrons. The lowest BCUT2D eigenvalue weighted by atomic mass is 9.79. The van der Waals surface area contributed by atoms with Crippen molar-refractivity contribution < 1.29 is 24.3 Å². The Hall–Kier alpha value is -1.88. The summed E-state index contributed by atoms with van der Waals surface area (Å²) in [6, 6.07) is 6.23. The summed E-state index contributed by atoms with van der Waals surface area (Å²) in [5, 5.41) is 10.7. The van der Waals surface area contributed by atoms with E-state index in [4.69, 9.17) is 4.74 Å². The van der Waals surface area contributed by atoms with Crippen LogP contribution in [-0.2, 0) is 4.79 Å². The summed E-state index contributed by atoms with van der Waals surface area (Å²) >= 11 is 0. The summed E-state index contributed by atoms with van der Waals surface area (Å²) in [6.45, 7) is 9.79. The Morgan fingerprint density at radius 3 is 2.13 bits per heavy atom. The molecule has 1 aliphatic rings. The van der Waals surface area contributed by atoms with Gasteiger partial charge in [-0.15, -0.1) is 0 Å². The minimum absolute atomic E-state index is 0.110. The summed E-state index contributed by atoms with van der Waals surface area (Å²) in [4.78, 5) is 24.0. The Bertz CT molecular complexity index is 570. The number of nitrogens with one attached hydrogen (secondary N) is 1. The van der Waals surface area contributed by atoms with Crippen LogP contribution in [0.1, 0.15) is 50.9 Å². The summed E-state index contributed by atoms with van der Waals surface area (Å²) in [5.74, 6) is -0.233. The minimum Gasteiger partial charge on any atom is -0.545 e. The van der Waals surface area contributed by atoms with E-state index in [0.717, 1.165) is 6.54 Å². The number of Topliss-reactive ketones (excluding diaryl/α,β-unsaturated/α-hetero) is 1. The van der Waals surface area contributed by atoms with Gasteiger partial charge in [-0.25, -0.2) is 0 Å². The van der Waals surface area contributed by atoms with Crippen LogP contribution in [0, 0.1) is 0 Å². The van der Waals surface area contributed by atoms with Crippen molar-refractivity contribution in [3.63, 3.8) is 0 Å². The van der Waals surface area contributed by atoms with Gasteiger partial charge in [0.15, 0.2) is 0 Å². The van der Waals surface area contributed by atoms with Gasteiger partial charge in [0.05, 0.1) is 29.9 Å². The molecule has 0 amide bonds. The van der Waals surface area contributed by atoms with E-state index in [-0.39, 0.29) is 16.6 Å². The van der Waals surface area contributed by atoms with Gasteiger partial charge in [-0.3, -0.25) is 4.79 Å². The van der Waals surface area contributed by atoms with E-state index < -0.39 is 5.97 Å². The lowest BCUT2D eigenvalue weighted by Crippen LogP contribution is -3.27. The molecule has 1 saturated heterocycles. The van der Waals surface area contributed by atoms with Gasteiger partial charge >= 0.3 is 0 Å². The quantitative estimate of drug-likeness (QED) is 0.844. The maximum Gasteiger partial charge on any atom is 0.145 e. The number of ketones is 1. The van der Waals surface area contributed by atoms with Crippen LogP contribution in [-0.4, -0.2) is 36.0 Å². The predicted molar refractivity (Wildman–Crippen MR) is 84.5 cm³/mol. The van der Waals surface area contributed by atoms with Crippen molar-refractivity contribution in [3.8, 4) is 5.75 Å². The number of ether oxygens (including phenoxy) is 1. The van der Waals surface area contributed by atoms with E-state index >= 15 is 0 Å². The molecule has 0 bridgehead atoms. The fraction of sp³-hybridized carbons (Fsp3) is 0.556. The van der Waals surface area contributed by atoms with Crippen LogP contribution in [0.5, 0.6) is 5.75 Å². The van der Waals surface area contributed by atoms with Crippen LogP contribution >= 0.6 is 0 Å². The molecule has 0 saturated carbocycles. The summed E-state index contributed by atoms with van der Waals surface area (Å²) in [5.41, 5.74) is -0.0815. The van der Waals surface area contributed by atoms with Gasteiger partial charge in [0.25, 0.3) is 0 Å². The smallest absolute Gasteiger partial charge is 0.145 e. The first-order chi connectivity index (χ1) is 10.6. The molecule has 5 heteroatoms. The van der Waals surface area contributed by atoms with Gasteiger partial charge in [-0.1, -0.05) is 0 Å². The maximum atomic E-state index is 11.9. The molecular weight excluding hydrogens is 294 g/mol. The van der Waals surface area contributed by atoms with E-state index in [9.17, 15) is 14.7 Å². The number of piperidine rings is 1. The first-order valence-electron chi connectivity index (χ1n) is 7.94. The first kappa shape index (κ1) is 17.5. The van der Waals surface area contributed by atoms with Crippen LogP contribution in [0.4, 0.5) is 0 Å². The highest BCUT2D eigenvalue weighted by Gasteiger charge is 2.48. The third-order valence-corrected chi connectivity index (χ3v) is 4.62. The molecule has 1 aromatic rings. The number of aromatic carboxylic acids is 1. The van der Waals surface area contributed by atoms with Gasteiger partial charge in [0, 0.05) is 0 Å². The second-order valence-corrected chi connectivity index (χ2v) is 7.55.